The Hall–Kier alpha value is 0.220. The van der Waals surface area contributed by atoms with Crippen LogP contribution in [0.2, 0.25) is 0 Å². The largest absolute Gasteiger partial charge is 0.392 e. The van der Waals surface area contributed by atoms with Gasteiger partial charge in [-0.05, 0) is 51.7 Å². The molecule has 13 heavy (non-hydrogen) atoms. The summed E-state index contributed by atoms with van der Waals surface area (Å²) >= 11 is 8.35. The second kappa shape index (κ2) is 3.76. The molecule has 0 atom stereocenters. The van der Waals surface area contributed by atoms with Gasteiger partial charge in [0, 0.05) is 9.60 Å². The van der Waals surface area contributed by atoms with E-state index in [4.69, 9.17) is 5.11 Å². The highest BCUT2D eigenvalue weighted by atomic mass is 127. The minimum Gasteiger partial charge on any atom is -0.392 e. The highest BCUT2D eigenvalue weighted by molar-refractivity contribution is 14.1. The fourth-order valence-electron chi connectivity index (χ4n) is 1.22. The molecule has 0 spiro atoms. The van der Waals surface area contributed by atoms with E-state index in [1.165, 1.54) is 13.0 Å². The highest BCUT2D eigenvalue weighted by Crippen LogP contribution is 2.30. The molecular weight excluding hydrogens is 315 g/mol. The normalized spacial score (nSPS) is 11.0. The third-order valence-electron chi connectivity index (χ3n) is 1.86. The molecule has 0 aliphatic rings. The van der Waals surface area contributed by atoms with Crippen LogP contribution >= 0.6 is 46.6 Å². The number of benzene rings is 1. The molecule has 0 aliphatic carbocycles. The number of thiol groups is 1. The van der Waals surface area contributed by atoms with Crippen LogP contribution in [0.5, 0.6) is 0 Å². The fraction of sp³-hybridized carbons (Fsp3) is 0.111. The van der Waals surface area contributed by atoms with Crippen molar-refractivity contribution >= 4 is 56.6 Å². The minimum atomic E-state index is 0.0567. The predicted octanol–water partition coefficient (Wildman–Crippen LogP) is 3.29. The Bertz CT molecular complexity index is 450. The van der Waals surface area contributed by atoms with Crippen LogP contribution in [0.15, 0.2) is 23.1 Å². The van der Waals surface area contributed by atoms with Crippen molar-refractivity contribution in [1.82, 2.24) is 0 Å². The number of halogens is 1. The van der Waals surface area contributed by atoms with Crippen LogP contribution in [0.4, 0.5) is 0 Å². The maximum Gasteiger partial charge on any atom is 0.0692 e. The fourth-order valence-corrected chi connectivity index (χ4v) is 3.42. The summed E-state index contributed by atoms with van der Waals surface area (Å²) in [4.78, 5) is 0.869. The molecule has 0 unspecified atom stereocenters. The van der Waals surface area contributed by atoms with Gasteiger partial charge in [-0.2, -0.15) is 0 Å². The molecule has 1 nitrogen and oxygen atoms in total. The van der Waals surface area contributed by atoms with Crippen LogP contribution in [-0.2, 0) is 6.61 Å². The average molecular weight is 322 g/mol. The first-order valence-corrected chi connectivity index (χ1v) is 6.07. The number of aliphatic hydroxyl groups is 1. The van der Waals surface area contributed by atoms with Crippen LogP contribution in [-0.4, -0.2) is 5.11 Å². The SMILES string of the molecule is OCc1cc2cc(I)sc2cc1S. The Labute approximate surface area is 99.3 Å². The van der Waals surface area contributed by atoms with Gasteiger partial charge in [-0.3, -0.25) is 0 Å². The van der Waals surface area contributed by atoms with E-state index in [0.29, 0.717) is 0 Å². The molecule has 1 N–H and O–H groups in total. The molecule has 2 rings (SSSR count). The molecule has 68 valence electrons. The summed E-state index contributed by atoms with van der Waals surface area (Å²) < 4.78 is 2.49. The van der Waals surface area contributed by atoms with Crippen molar-refractivity contribution in [2.75, 3.05) is 0 Å². The molecule has 0 saturated heterocycles. The Morgan fingerprint density at radius 3 is 2.85 bits per heavy atom. The summed E-state index contributed by atoms with van der Waals surface area (Å²) in [5, 5.41) is 10.2. The molecule has 1 heterocycles. The number of hydrogen-bond acceptors (Lipinski definition) is 3. The van der Waals surface area contributed by atoms with E-state index in [2.05, 4.69) is 41.3 Å². The Morgan fingerprint density at radius 1 is 1.38 bits per heavy atom. The van der Waals surface area contributed by atoms with Gasteiger partial charge in [-0.1, -0.05) is 0 Å². The Kier molecular flexibility index (Phi) is 2.83. The molecule has 4 heteroatoms. The lowest BCUT2D eigenvalue weighted by molar-refractivity contribution is 0.279. The standard InChI is InChI=1S/C9H7IOS2/c10-9-2-5-1-6(4-11)7(12)3-8(5)13-9/h1-3,11-12H,4H2. The zero-order valence-corrected chi connectivity index (χ0v) is 10.5. The first-order chi connectivity index (χ1) is 6.20. The summed E-state index contributed by atoms with van der Waals surface area (Å²) in [6.07, 6.45) is 0. The van der Waals surface area contributed by atoms with Crippen LogP contribution in [0, 0.1) is 2.88 Å². The molecule has 1 aromatic heterocycles. The number of aliphatic hydroxyl groups excluding tert-OH is 1. The summed E-state index contributed by atoms with van der Waals surface area (Å²) in [7, 11) is 0. The first-order valence-electron chi connectivity index (χ1n) is 3.72. The Balaban J connectivity index is 2.72. The molecule has 0 saturated carbocycles. The zero-order valence-electron chi connectivity index (χ0n) is 6.62. The molecule has 0 fully saturated rings. The van der Waals surface area contributed by atoms with Gasteiger partial charge in [0.15, 0.2) is 0 Å². The zero-order chi connectivity index (χ0) is 9.42. The maximum absolute atomic E-state index is 9.04. The van der Waals surface area contributed by atoms with Crippen LogP contribution in [0.25, 0.3) is 10.1 Å². The van der Waals surface area contributed by atoms with Crippen molar-refractivity contribution in [2.24, 2.45) is 0 Å². The third kappa shape index (κ3) is 1.86. The number of fused-ring (bicyclic) bond motifs is 1. The first kappa shape index (κ1) is 9.76. The van der Waals surface area contributed by atoms with Crippen LogP contribution < -0.4 is 0 Å². The van der Waals surface area contributed by atoms with Gasteiger partial charge in [0.2, 0.25) is 0 Å². The van der Waals surface area contributed by atoms with Crippen molar-refractivity contribution in [1.29, 1.82) is 0 Å². The summed E-state index contributed by atoms with van der Waals surface area (Å²) in [5.74, 6) is 0. The van der Waals surface area contributed by atoms with Gasteiger partial charge < -0.3 is 5.11 Å². The van der Waals surface area contributed by atoms with Gasteiger partial charge >= 0.3 is 0 Å². The third-order valence-corrected chi connectivity index (χ3v) is 4.13. The molecule has 2 aromatic rings. The Morgan fingerprint density at radius 2 is 2.15 bits per heavy atom. The lowest BCUT2D eigenvalue weighted by Crippen LogP contribution is -1.83. The van der Waals surface area contributed by atoms with Crippen molar-refractivity contribution < 1.29 is 5.11 Å². The summed E-state index contributed by atoms with van der Waals surface area (Å²) in [6, 6.07) is 6.13. The van der Waals surface area contributed by atoms with Crippen molar-refractivity contribution in [3.8, 4) is 0 Å². The van der Waals surface area contributed by atoms with E-state index in [0.717, 1.165) is 10.5 Å². The lowest BCUT2D eigenvalue weighted by Gasteiger charge is -2.00. The molecule has 0 radical (unpaired) electrons. The lowest BCUT2D eigenvalue weighted by atomic mass is 10.2. The van der Waals surface area contributed by atoms with E-state index in [9.17, 15) is 0 Å². The predicted molar refractivity (Wildman–Crippen MR) is 67.7 cm³/mol. The average Bonchev–Trinajstić information content (AvgIpc) is 2.42. The molecular formula is C9H7IOS2. The van der Waals surface area contributed by atoms with Crippen LogP contribution in [0.3, 0.4) is 0 Å². The quantitative estimate of drug-likeness (QED) is 0.610. The van der Waals surface area contributed by atoms with Crippen molar-refractivity contribution in [2.45, 2.75) is 11.5 Å². The van der Waals surface area contributed by atoms with E-state index in [-0.39, 0.29) is 6.61 Å². The van der Waals surface area contributed by atoms with Gasteiger partial charge in [0.05, 0.1) is 9.49 Å². The molecule has 1 aromatic carbocycles. The molecule has 0 amide bonds. The van der Waals surface area contributed by atoms with E-state index < -0.39 is 0 Å². The number of rotatable bonds is 1. The smallest absolute Gasteiger partial charge is 0.0692 e. The second-order valence-electron chi connectivity index (χ2n) is 2.73. The van der Waals surface area contributed by atoms with Crippen molar-refractivity contribution in [3.05, 3.63) is 26.6 Å². The van der Waals surface area contributed by atoms with Gasteiger partial charge in [-0.25, -0.2) is 0 Å². The topological polar surface area (TPSA) is 20.2 Å². The molecule has 0 bridgehead atoms. The summed E-state index contributed by atoms with van der Waals surface area (Å²) in [5.41, 5.74) is 0.894. The number of thiophene rings is 1. The molecule has 0 aliphatic heterocycles. The van der Waals surface area contributed by atoms with E-state index in [1.807, 2.05) is 12.1 Å². The van der Waals surface area contributed by atoms with Gasteiger partial charge in [-0.15, -0.1) is 24.0 Å². The van der Waals surface area contributed by atoms with Crippen molar-refractivity contribution in [3.63, 3.8) is 0 Å². The summed E-state index contributed by atoms with van der Waals surface area (Å²) in [6.45, 7) is 0.0567. The second-order valence-corrected chi connectivity index (χ2v) is 6.19. The van der Waals surface area contributed by atoms with E-state index in [1.54, 1.807) is 11.3 Å². The van der Waals surface area contributed by atoms with E-state index >= 15 is 0 Å². The maximum atomic E-state index is 9.04. The minimum absolute atomic E-state index is 0.0567. The van der Waals surface area contributed by atoms with Crippen LogP contribution in [0.1, 0.15) is 5.56 Å². The number of hydrogen-bond donors (Lipinski definition) is 2. The monoisotopic (exact) mass is 322 g/mol. The van der Waals surface area contributed by atoms with Gasteiger partial charge in [0.1, 0.15) is 0 Å². The highest BCUT2D eigenvalue weighted by Gasteiger charge is 2.04. The van der Waals surface area contributed by atoms with Gasteiger partial charge in [0.25, 0.3) is 0 Å².